The van der Waals surface area contributed by atoms with E-state index in [1.165, 1.54) is 5.56 Å². The van der Waals surface area contributed by atoms with Crippen molar-refractivity contribution in [1.82, 2.24) is 0 Å². The Morgan fingerprint density at radius 3 is 2.23 bits per heavy atom. The molecule has 22 heavy (non-hydrogen) atoms. The van der Waals surface area contributed by atoms with Gasteiger partial charge < -0.3 is 5.32 Å². The van der Waals surface area contributed by atoms with Crippen molar-refractivity contribution in [2.45, 2.75) is 32.6 Å². The molecule has 0 fully saturated rings. The third-order valence-corrected chi connectivity index (χ3v) is 4.48. The maximum Gasteiger partial charge on any atom is 0.228 e. The second-order valence-electron chi connectivity index (χ2n) is 5.36. The zero-order valence-corrected chi connectivity index (χ0v) is 14.2. The molecule has 0 unspecified atom stereocenters. The molecule has 0 saturated carbocycles. The smallest absolute Gasteiger partial charge is 0.228 e. The Morgan fingerprint density at radius 2 is 1.68 bits per heavy atom. The highest BCUT2D eigenvalue weighted by atomic mass is 35.5. The topological polar surface area (TPSA) is 29.1 Å². The molecule has 1 atom stereocenters. The van der Waals surface area contributed by atoms with Gasteiger partial charge in [0, 0.05) is 15.7 Å². The summed E-state index contributed by atoms with van der Waals surface area (Å²) in [6, 6.07) is 13.2. The number of carbonyl (C=O) groups excluding carboxylic acids is 1. The third kappa shape index (κ3) is 4.25. The van der Waals surface area contributed by atoms with E-state index in [1.807, 2.05) is 24.3 Å². The molecule has 0 aliphatic heterocycles. The molecule has 0 spiro atoms. The van der Waals surface area contributed by atoms with E-state index in [4.69, 9.17) is 23.2 Å². The van der Waals surface area contributed by atoms with E-state index in [0.29, 0.717) is 21.5 Å². The average Bonchev–Trinajstić information content (AvgIpc) is 2.51. The molecule has 0 heterocycles. The molecule has 0 aliphatic carbocycles. The van der Waals surface area contributed by atoms with Crippen LogP contribution in [0.15, 0.2) is 42.5 Å². The maximum absolute atomic E-state index is 12.1. The van der Waals surface area contributed by atoms with Crippen molar-refractivity contribution >= 4 is 34.8 Å². The Morgan fingerprint density at radius 1 is 1.09 bits per heavy atom. The predicted octanol–water partition coefficient (Wildman–Crippen LogP) is 5.69. The zero-order chi connectivity index (χ0) is 16.1. The number of nitrogens with one attached hydrogen (secondary N) is 1. The lowest BCUT2D eigenvalue weighted by atomic mass is 9.98. The van der Waals surface area contributed by atoms with E-state index in [2.05, 4.69) is 19.2 Å². The number of amides is 1. The van der Waals surface area contributed by atoms with Crippen LogP contribution < -0.4 is 5.32 Å². The fourth-order valence-electron chi connectivity index (χ4n) is 2.20. The molecule has 0 radical (unpaired) electrons. The lowest BCUT2D eigenvalue weighted by molar-refractivity contribution is -0.115. The minimum absolute atomic E-state index is 0.133. The van der Waals surface area contributed by atoms with Crippen LogP contribution in [-0.2, 0) is 11.2 Å². The van der Waals surface area contributed by atoms with E-state index < -0.39 is 0 Å². The van der Waals surface area contributed by atoms with Gasteiger partial charge in [-0.1, -0.05) is 55.2 Å². The van der Waals surface area contributed by atoms with Gasteiger partial charge in [0.1, 0.15) is 0 Å². The molecule has 2 aromatic carbocycles. The zero-order valence-electron chi connectivity index (χ0n) is 12.7. The van der Waals surface area contributed by atoms with Gasteiger partial charge in [0.25, 0.3) is 0 Å². The van der Waals surface area contributed by atoms with Crippen molar-refractivity contribution in [2.75, 3.05) is 5.32 Å². The number of halogens is 2. The SMILES string of the molecule is CC[C@H](C)c1ccc(NC(=O)Cc2c(Cl)cccc2Cl)cc1. The molecule has 116 valence electrons. The number of hydrogen-bond acceptors (Lipinski definition) is 1. The highest BCUT2D eigenvalue weighted by Crippen LogP contribution is 2.25. The summed E-state index contributed by atoms with van der Waals surface area (Å²) in [7, 11) is 0. The molecular weight excluding hydrogens is 317 g/mol. The van der Waals surface area contributed by atoms with Gasteiger partial charge in [0.05, 0.1) is 6.42 Å². The molecule has 2 rings (SSSR count). The molecule has 4 heteroatoms. The van der Waals surface area contributed by atoms with Crippen LogP contribution in [0, 0.1) is 0 Å². The first-order chi connectivity index (χ1) is 10.5. The van der Waals surface area contributed by atoms with Crippen LogP contribution in [0.25, 0.3) is 0 Å². The molecule has 0 bridgehead atoms. The molecular formula is C18H19Cl2NO. The first-order valence-electron chi connectivity index (χ1n) is 7.34. The van der Waals surface area contributed by atoms with Gasteiger partial charge in [-0.25, -0.2) is 0 Å². The predicted molar refractivity (Wildman–Crippen MR) is 93.9 cm³/mol. The highest BCUT2D eigenvalue weighted by Gasteiger charge is 2.11. The summed E-state index contributed by atoms with van der Waals surface area (Å²) in [4.78, 5) is 12.1. The Kier molecular flexibility index (Phi) is 5.87. The lowest BCUT2D eigenvalue weighted by Crippen LogP contribution is -2.15. The summed E-state index contributed by atoms with van der Waals surface area (Å²) in [6.07, 6.45) is 1.25. The van der Waals surface area contributed by atoms with Crippen LogP contribution >= 0.6 is 23.2 Å². The maximum atomic E-state index is 12.1. The normalized spacial score (nSPS) is 12.0. The monoisotopic (exact) mass is 335 g/mol. The number of benzene rings is 2. The Labute approximate surface area is 141 Å². The third-order valence-electron chi connectivity index (χ3n) is 3.77. The Bertz CT molecular complexity index is 632. The summed E-state index contributed by atoms with van der Waals surface area (Å²) >= 11 is 12.2. The standard InChI is InChI=1S/C18H19Cl2NO/c1-3-12(2)13-7-9-14(10-8-13)21-18(22)11-15-16(19)5-4-6-17(15)20/h4-10,12H,3,11H2,1-2H3,(H,21,22)/t12-/m0/s1. The molecule has 0 aliphatic rings. The molecule has 1 N–H and O–H groups in total. The average molecular weight is 336 g/mol. The fraction of sp³-hybridized carbons (Fsp3) is 0.278. The van der Waals surface area contributed by atoms with Crippen molar-refractivity contribution < 1.29 is 4.79 Å². The van der Waals surface area contributed by atoms with Gasteiger partial charge in [-0.2, -0.15) is 0 Å². The largest absolute Gasteiger partial charge is 0.326 e. The van der Waals surface area contributed by atoms with E-state index in [-0.39, 0.29) is 12.3 Å². The number of hydrogen-bond donors (Lipinski definition) is 1. The van der Waals surface area contributed by atoms with Crippen LogP contribution in [0.3, 0.4) is 0 Å². The highest BCUT2D eigenvalue weighted by molar-refractivity contribution is 6.36. The van der Waals surface area contributed by atoms with Crippen LogP contribution in [0.5, 0.6) is 0 Å². The quantitative estimate of drug-likeness (QED) is 0.747. The number of rotatable bonds is 5. The fourth-order valence-corrected chi connectivity index (χ4v) is 2.73. The number of carbonyl (C=O) groups is 1. The van der Waals surface area contributed by atoms with Crippen molar-refractivity contribution in [1.29, 1.82) is 0 Å². The summed E-state index contributed by atoms with van der Waals surface area (Å²) in [5.41, 5.74) is 2.70. The lowest BCUT2D eigenvalue weighted by Gasteiger charge is -2.11. The number of anilines is 1. The van der Waals surface area contributed by atoms with Crippen molar-refractivity contribution in [3.63, 3.8) is 0 Å². The van der Waals surface area contributed by atoms with E-state index in [1.54, 1.807) is 18.2 Å². The Balaban J connectivity index is 2.03. The van der Waals surface area contributed by atoms with Gasteiger partial charge in [-0.05, 0) is 47.7 Å². The van der Waals surface area contributed by atoms with Gasteiger partial charge in [-0.3, -0.25) is 4.79 Å². The minimum atomic E-state index is -0.133. The van der Waals surface area contributed by atoms with E-state index in [9.17, 15) is 4.79 Å². The van der Waals surface area contributed by atoms with Crippen molar-refractivity contribution in [3.8, 4) is 0 Å². The van der Waals surface area contributed by atoms with Gasteiger partial charge in [0.2, 0.25) is 5.91 Å². The van der Waals surface area contributed by atoms with E-state index in [0.717, 1.165) is 12.1 Å². The molecule has 0 aromatic heterocycles. The molecule has 2 nitrogen and oxygen atoms in total. The van der Waals surface area contributed by atoms with Crippen LogP contribution in [0.1, 0.15) is 37.3 Å². The molecule has 0 saturated heterocycles. The first-order valence-corrected chi connectivity index (χ1v) is 8.09. The molecule has 1 amide bonds. The summed E-state index contributed by atoms with van der Waals surface area (Å²) in [5, 5.41) is 3.89. The summed E-state index contributed by atoms with van der Waals surface area (Å²) in [5.74, 6) is 0.387. The van der Waals surface area contributed by atoms with Gasteiger partial charge in [0.15, 0.2) is 0 Å². The van der Waals surface area contributed by atoms with Crippen LogP contribution in [0.2, 0.25) is 10.0 Å². The second kappa shape index (κ2) is 7.66. The van der Waals surface area contributed by atoms with Crippen LogP contribution in [-0.4, -0.2) is 5.91 Å². The minimum Gasteiger partial charge on any atom is -0.326 e. The first kappa shape index (κ1) is 16.9. The summed E-state index contributed by atoms with van der Waals surface area (Å²) < 4.78 is 0. The Hall–Kier alpha value is -1.51. The van der Waals surface area contributed by atoms with Crippen LogP contribution in [0.4, 0.5) is 5.69 Å². The second-order valence-corrected chi connectivity index (χ2v) is 6.17. The van der Waals surface area contributed by atoms with Gasteiger partial charge >= 0.3 is 0 Å². The van der Waals surface area contributed by atoms with Gasteiger partial charge in [-0.15, -0.1) is 0 Å². The van der Waals surface area contributed by atoms with Crippen molar-refractivity contribution in [2.24, 2.45) is 0 Å². The molecule has 2 aromatic rings. The van der Waals surface area contributed by atoms with E-state index >= 15 is 0 Å². The summed E-state index contributed by atoms with van der Waals surface area (Å²) in [6.45, 7) is 4.35. The van der Waals surface area contributed by atoms with Crippen molar-refractivity contribution in [3.05, 3.63) is 63.6 Å².